The highest BCUT2D eigenvalue weighted by molar-refractivity contribution is 6.30. The van der Waals surface area contributed by atoms with Gasteiger partial charge in [0.05, 0.1) is 16.4 Å². The number of ketones is 1. The molecule has 38 heavy (non-hydrogen) atoms. The van der Waals surface area contributed by atoms with Crippen molar-refractivity contribution in [2.45, 2.75) is 12.8 Å². The van der Waals surface area contributed by atoms with Gasteiger partial charge in [-0.05, 0) is 48.1 Å². The SMILES string of the molecule is O=C(O)[C@H]1[C@H](CN2C(=O)c3cccc([N+](=O)[O-])c3C2=O)CC[C@@H]1C(=O)c1ccc(-c2ccc(Cl)cc2)cc1. The first-order valence-corrected chi connectivity index (χ1v) is 12.3. The van der Waals surface area contributed by atoms with Gasteiger partial charge >= 0.3 is 5.97 Å². The van der Waals surface area contributed by atoms with E-state index >= 15 is 0 Å². The van der Waals surface area contributed by atoms with Crippen LogP contribution in [0.1, 0.15) is 43.9 Å². The van der Waals surface area contributed by atoms with Gasteiger partial charge in [-0.1, -0.05) is 54.1 Å². The molecule has 1 saturated carbocycles. The van der Waals surface area contributed by atoms with Gasteiger partial charge in [0.15, 0.2) is 5.78 Å². The first-order chi connectivity index (χ1) is 18.2. The largest absolute Gasteiger partial charge is 0.481 e. The van der Waals surface area contributed by atoms with Gasteiger partial charge in [0.2, 0.25) is 0 Å². The number of nitro benzene ring substituents is 1. The molecule has 9 nitrogen and oxygen atoms in total. The zero-order valence-electron chi connectivity index (χ0n) is 19.9. The number of hydrogen-bond donors (Lipinski definition) is 1. The van der Waals surface area contributed by atoms with E-state index in [1.165, 1.54) is 12.1 Å². The van der Waals surface area contributed by atoms with Crippen LogP contribution >= 0.6 is 11.6 Å². The lowest BCUT2D eigenvalue weighted by Crippen LogP contribution is -2.39. The number of rotatable bonds is 7. The van der Waals surface area contributed by atoms with Crippen LogP contribution in [0.2, 0.25) is 5.02 Å². The van der Waals surface area contributed by atoms with Crippen LogP contribution in [0.4, 0.5) is 5.69 Å². The number of Topliss-reactive ketones (excluding diaryl/α,β-unsaturated/α-hetero) is 1. The first-order valence-electron chi connectivity index (χ1n) is 11.9. The summed E-state index contributed by atoms with van der Waals surface area (Å²) in [6.45, 7) is -0.236. The molecule has 1 aliphatic carbocycles. The Bertz CT molecular complexity index is 1480. The molecule has 2 amide bonds. The summed E-state index contributed by atoms with van der Waals surface area (Å²) >= 11 is 5.94. The van der Waals surface area contributed by atoms with Crippen LogP contribution < -0.4 is 0 Å². The van der Waals surface area contributed by atoms with Crippen molar-refractivity contribution in [1.29, 1.82) is 0 Å². The average molecular weight is 533 g/mol. The van der Waals surface area contributed by atoms with Gasteiger partial charge in [0.1, 0.15) is 5.56 Å². The number of carbonyl (C=O) groups excluding carboxylic acids is 3. The zero-order valence-corrected chi connectivity index (χ0v) is 20.6. The monoisotopic (exact) mass is 532 g/mol. The molecule has 10 heteroatoms. The summed E-state index contributed by atoms with van der Waals surface area (Å²) in [6.07, 6.45) is 0.592. The third-order valence-corrected chi connectivity index (χ3v) is 7.60. The molecule has 0 saturated heterocycles. The molecule has 0 aromatic heterocycles. The fraction of sp³-hybridized carbons (Fsp3) is 0.214. The first kappa shape index (κ1) is 25.3. The van der Waals surface area contributed by atoms with Gasteiger partial charge in [-0.15, -0.1) is 0 Å². The van der Waals surface area contributed by atoms with Crippen molar-refractivity contribution < 1.29 is 29.2 Å². The van der Waals surface area contributed by atoms with E-state index in [0.717, 1.165) is 22.1 Å². The van der Waals surface area contributed by atoms with E-state index in [0.29, 0.717) is 17.0 Å². The summed E-state index contributed by atoms with van der Waals surface area (Å²) in [5.41, 5.74) is 1.31. The van der Waals surface area contributed by atoms with Crippen molar-refractivity contribution in [2.75, 3.05) is 6.54 Å². The van der Waals surface area contributed by atoms with Crippen LogP contribution in [0.5, 0.6) is 0 Å². The number of imide groups is 1. The number of fused-ring (bicyclic) bond motifs is 1. The number of nitrogens with zero attached hydrogens (tertiary/aromatic N) is 2. The molecule has 0 spiro atoms. The normalized spacial score (nSPS) is 20.4. The number of amides is 2. The van der Waals surface area contributed by atoms with Gasteiger partial charge in [0, 0.05) is 29.1 Å². The number of benzene rings is 3. The Morgan fingerprint density at radius 2 is 1.58 bits per heavy atom. The Hall–Kier alpha value is -4.37. The summed E-state index contributed by atoms with van der Waals surface area (Å²) in [4.78, 5) is 63.1. The minimum atomic E-state index is -1.19. The predicted molar refractivity (Wildman–Crippen MR) is 137 cm³/mol. The summed E-state index contributed by atoms with van der Waals surface area (Å²) in [5, 5.41) is 22.0. The van der Waals surface area contributed by atoms with Crippen LogP contribution in [-0.4, -0.2) is 45.0 Å². The minimum Gasteiger partial charge on any atom is -0.481 e. The number of carboxylic acids is 1. The third-order valence-electron chi connectivity index (χ3n) is 7.35. The van der Waals surface area contributed by atoms with Crippen LogP contribution in [0.15, 0.2) is 66.7 Å². The van der Waals surface area contributed by atoms with Gasteiger partial charge in [-0.2, -0.15) is 0 Å². The molecular formula is C28H21ClN2O7. The maximum Gasteiger partial charge on any atom is 0.307 e. The van der Waals surface area contributed by atoms with Crippen LogP contribution in [0.3, 0.4) is 0 Å². The van der Waals surface area contributed by atoms with E-state index in [9.17, 15) is 34.4 Å². The van der Waals surface area contributed by atoms with E-state index in [-0.39, 0.29) is 29.9 Å². The van der Waals surface area contributed by atoms with Crippen molar-refractivity contribution >= 4 is 40.9 Å². The number of nitro groups is 1. The lowest BCUT2D eigenvalue weighted by molar-refractivity contribution is -0.385. The Labute approximate surface area is 221 Å². The summed E-state index contributed by atoms with van der Waals surface area (Å²) in [7, 11) is 0. The second-order valence-corrected chi connectivity index (χ2v) is 9.87. The second-order valence-electron chi connectivity index (χ2n) is 9.43. The van der Waals surface area contributed by atoms with Crippen molar-refractivity contribution in [1.82, 2.24) is 4.90 Å². The van der Waals surface area contributed by atoms with Gasteiger partial charge < -0.3 is 5.11 Å². The Kier molecular flexibility index (Phi) is 6.54. The molecule has 1 heterocycles. The molecule has 1 aliphatic heterocycles. The summed E-state index contributed by atoms with van der Waals surface area (Å²) in [5.74, 6) is -5.65. The summed E-state index contributed by atoms with van der Waals surface area (Å²) in [6, 6.07) is 17.9. The smallest absolute Gasteiger partial charge is 0.307 e. The molecule has 1 N–H and O–H groups in total. The molecule has 0 bridgehead atoms. The minimum absolute atomic E-state index is 0.0810. The molecule has 5 rings (SSSR count). The summed E-state index contributed by atoms with van der Waals surface area (Å²) < 4.78 is 0. The number of carboxylic acid groups (broad SMARTS) is 1. The lowest BCUT2D eigenvalue weighted by atomic mass is 9.84. The molecule has 3 aromatic carbocycles. The van der Waals surface area contributed by atoms with E-state index < -0.39 is 46.1 Å². The van der Waals surface area contributed by atoms with Crippen molar-refractivity contribution in [3.05, 3.63) is 98.6 Å². The second kappa shape index (κ2) is 9.83. The van der Waals surface area contributed by atoms with E-state index in [4.69, 9.17) is 11.6 Å². The standard InChI is InChI=1S/C28H21ClN2O7/c29-19-11-8-16(9-12-19)15-4-6-17(7-5-15)25(32)20-13-10-18(23(20)28(35)36)14-30-26(33)21-2-1-3-22(31(37)38)24(21)27(30)34/h1-9,11-12,18,20,23H,10,13-14H2,(H,35,36)/t18-,20-,23-/m0/s1. The van der Waals surface area contributed by atoms with E-state index in [1.807, 2.05) is 12.1 Å². The number of halogens is 1. The van der Waals surface area contributed by atoms with Crippen molar-refractivity contribution in [3.8, 4) is 11.1 Å². The Morgan fingerprint density at radius 1 is 0.947 bits per heavy atom. The molecule has 3 atom stereocenters. The fourth-order valence-electron chi connectivity index (χ4n) is 5.51. The number of carbonyl (C=O) groups is 4. The van der Waals surface area contributed by atoms with Gasteiger partial charge in [-0.25, -0.2) is 0 Å². The zero-order chi connectivity index (χ0) is 27.1. The number of hydrogen-bond acceptors (Lipinski definition) is 6. The van der Waals surface area contributed by atoms with Crippen LogP contribution in [0, 0.1) is 27.9 Å². The van der Waals surface area contributed by atoms with Gasteiger partial charge in [0.25, 0.3) is 17.5 Å². The Morgan fingerprint density at radius 3 is 2.18 bits per heavy atom. The van der Waals surface area contributed by atoms with Crippen molar-refractivity contribution in [3.63, 3.8) is 0 Å². The fourth-order valence-corrected chi connectivity index (χ4v) is 5.63. The topological polar surface area (TPSA) is 135 Å². The molecule has 0 unspecified atom stereocenters. The number of aliphatic carboxylic acids is 1. The molecule has 1 fully saturated rings. The quantitative estimate of drug-likeness (QED) is 0.193. The molecule has 0 radical (unpaired) electrons. The third kappa shape index (κ3) is 4.35. The molecule has 3 aromatic rings. The highest BCUT2D eigenvalue weighted by Crippen LogP contribution is 2.41. The van der Waals surface area contributed by atoms with E-state index in [2.05, 4.69) is 0 Å². The average Bonchev–Trinajstić information content (AvgIpc) is 3.44. The molecule has 192 valence electrons. The predicted octanol–water partition coefficient (Wildman–Crippen LogP) is 5.12. The van der Waals surface area contributed by atoms with Crippen LogP contribution in [0.25, 0.3) is 11.1 Å². The highest BCUT2D eigenvalue weighted by atomic mass is 35.5. The van der Waals surface area contributed by atoms with Gasteiger partial charge in [-0.3, -0.25) is 34.2 Å². The molecular weight excluding hydrogens is 512 g/mol. The maximum absolute atomic E-state index is 13.4. The highest BCUT2D eigenvalue weighted by Gasteiger charge is 2.48. The van der Waals surface area contributed by atoms with Crippen LogP contribution in [-0.2, 0) is 4.79 Å². The molecule has 2 aliphatic rings. The van der Waals surface area contributed by atoms with E-state index in [1.54, 1.807) is 36.4 Å². The Balaban J connectivity index is 1.35. The maximum atomic E-state index is 13.4. The van der Waals surface area contributed by atoms with Crippen molar-refractivity contribution in [2.24, 2.45) is 17.8 Å². The lowest BCUT2D eigenvalue weighted by Gasteiger charge is -2.24.